The Bertz CT molecular complexity index is 1120. The summed E-state index contributed by atoms with van der Waals surface area (Å²) in [6.45, 7) is 4.36. The average Bonchev–Trinajstić information content (AvgIpc) is 3.37. The largest absolute Gasteiger partial charge is 0.494 e. The number of esters is 1. The molecule has 31 heavy (non-hydrogen) atoms. The van der Waals surface area contributed by atoms with E-state index >= 15 is 0 Å². The van der Waals surface area contributed by atoms with E-state index in [9.17, 15) is 4.79 Å². The number of benzene rings is 2. The molecule has 2 atom stereocenters. The Kier molecular flexibility index (Phi) is 5.96. The quantitative estimate of drug-likeness (QED) is 0.587. The van der Waals surface area contributed by atoms with Gasteiger partial charge < -0.3 is 14.8 Å². The fraction of sp³-hybridized carbons (Fsp3) is 0.458. The third kappa shape index (κ3) is 3.78. The number of rotatable bonds is 7. The third-order valence-electron chi connectivity index (χ3n) is 6.35. The number of hydrogen-bond donors (Lipinski definition) is 1. The zero-order valence-electron chi connectivity index (χ0n) is 18.9. The van der Waals surface area contributed by atoms with Gasteiger partial charge in [0.2, 0.25) is 0 Å². The van der Waals surface area contributed by atoms with Gasteiger partial charge in [-0.25, -0.2) is 4.68 Å². The summed E-state index contributed by atoms with van der Waals surface area (Å²) in [5.41, 5.74) is 7.74. The van der Waals surface area contributed by atoms with Gasteiger partial charge in [0, 0.05) is 19.0 Å². The molecule has 0 fully saturated rings. The molecule has 0 bridgehead atoms. The van der Waals surface area contributed by atoms with Crippen molar-refractivity contribution in [2.75, 3.05) is 20.8 Å². The molecule has 1 heterocycles. The highest BCUT2D eigenvalue weighted by Gasteiger charge is 2.30. The molecule has 1 aliphatic rings. The Balaban J connectivity index is 1.88. The first-order valence-corrected chi connectivity index (χ1v) is 10.8. The number of fused-ring (bicyclic) bond motifs is 2. The maximum atomic E-state index is 12.6. The van der Waals surface area contributed by atoms with Gasteiger partial charge in [-0.1, -0.05) is 17.3 Å². The van der Waals surface area contributed by atoms with Crippen LogP contribution >= 0.6 is 0 Å². The molecule has 4 rings (SSSR count). The van der Waals surface area contributed by atoms with Gasteiger partial charge in [0.1, 0.15) is 16.8 Å². The van der Waals surface area contributed by atoms with Crippen molar-refractivity contribution in [2.45, 2.75) is 45.1 Å². The molecule has 7 nitrogen and oxygen atoms in total. The first-order chi connectivity index (χ1) is 15.0. The predicted molar refractivity (Wildman–Crippen MR) is 119 cm³/mol. The number of hydrogen-bond acceptors (Lipinski definition) is 6. The predicted octanol–water partition coefficient (Wildman–Crippen LogP) is 3.58. The van der Waals surface area contributed by atoms with Crippen LogP contribution in [0.5, 0.6) is 5.75 Å². The van der Waals surface area contributed by atoms with Crippen LogP contribution in [-0.4, -0.2) is 41.7 Å². The van der Waals surface area contributed by atoms with Crippen molar-refractivity contribution in [3.8, 4) is 5.75 Å². The molecule has 1 aliphatic carbocycles. The van der Waals surface area contributed by atoms with E-state index in [1.54, 1.807) is 11.8 Å². The Morgan fingerprint density at radius 2 is 2.16 bits per heavy atom. The highest BCUT2D eigenvalue weighted by Crippen LogP contribution is 2.42. The Hall–Kier alpha value is -2.93. The summed E-state index contributed by atoms with van der Waals surface area (Å²) in [5, 5.41) is 11.9. The van der Waals surface area contributed by atoms with Crippen molar-refractivity contribution in [1.29, 1.82) is 0 Å². The molecule has 7 heteroatoms. The van der Waals surface area contributed by atoms with Crippen molar-refractivity contribution in [2.24, 2.45) is 7.05 Å². The van der Waals surface area contributed by atoms with Gasteiger partial charge in [0.15, 0.2) is 0 Å². The van der Waals surface area contributed by atoms with Gasteiger partial charge in [-0.15, -0.1) is 5.10 Å². The number of nitrogens with one attached hydrogen (secondary N) is 1. The van der Waals surface area contributed by atoms with E-state index in [4.69, 9.17) is 9.47 Å². The van der Waals surface area contributed by atoms with Crippen molar-refractivity contribution >= 4 is 17.0 Å². The number of methoxy groups -OCH3 is 1. The fourth-order valence-electron chi connectivity index (χ4n) is 4.94. The minimum absolute atomic E-state index is 0.149. The molecule has 2 unspecified atom stereocenters. The molecule has 0 aliphatic heterocycles. The monoisotopic (exact) mass is 422 g/mol. The molecule has 0 saturated carbocycles. The lowest BCUT2D eigenvalue weighted by Gasteiger charge is -2.23. The van der Waals surface area contributed by atoms with Crippen LogP contribution in [0, 0.1) is 6.92 Å². The highest BCUT2D eigenvalue weighted by molar-refractivity contribution is 5.83. The molecule has 3 aromatic rings. The van der Waals surface area contributed by atoms with Gasteiger partial charge in [0.25, 0.3) is 0 Å². The number of carbonyl (C=O) groups is 1. The number of ether oxygens (including phenoxy) is 2. The lowest BCUT2D eigenvalue weighted by Crippen LogP contribution is -2.16. The van der Waals surface area contributed by atoms with Crippen LogP contribution in [0.2, 0.25) is 0 Å². The molecular weight excluding hydrogens is 392 g/mol. The zero-order chi connectivity index (χ0) is 22.1. The average molecular weight is 423 g/mol. The summed E-state index contributed by atoms with van der Waals surface area (Å²) in [7, 11) is 5.50. The number of aromatic nitrogens is 3. The second-order valence-electron chi connectivity index (χ2n) is 8.11. The molecule has 0 amide bonds. The lowest BCUT2D eigenvalue weighted by molar-refractivity contribution is -0.143. The topological polar surface area (TPSA) is 78.3 Å². The van der Waals surface area contributed by atoms with E-state index < -0.39 is 0 Å². The standard InChI is InChI=1S/C24H30N4O3/c1-6-31-22(29)13-18(15-11-20-24(21(12-15)30-5)28(4)27-26-20)16-8-7-14(2)23-17(16)9-10-19(23)25-3/h7-8,11-12,18-19,25H,6,9-10,13H2,1-5H3. The fourth-order valence-corrected chi connectivity index (χ4v) is 4.94. The van der Waals surface area contributed by atoms with Crippen LogP contribution in [0.3, 0.4) is 0 Å². The molecule has 0 saturated heterocycles. The summed E-state index contributed by atoms with van der Waals surface area (Å²) < 4.78 is 12.7. The first-order valence-electron chi connectivity index (χ1n) is 10.8. The minimum Gasteiger partial charge on any atom is -0.494 e. The van der Waals surface area contributed by atoms with E-state index in [0.29, 0.717) is 18.4 Å². The van der Waals surface area contributed by atoms with Crippen LogP contribution in [0.25, 0.3) is 11.0 Å². The summed E-state index contributed by atoms with van der Waals surface area (Å²) >= 11 is 0. The highest BCUT2D eigenvalue weighted by atomic mass is 16.5. The summed E-state index contributed by atoms with van der Waals surface area (Å²) in [6, 6.07) is 8.71. The molecule has 2 aromatic carbocycles. The maximum absolute atomic E-state index is 12.6. The van der Waals surface area contributed by atoms with Gasteiger partial charge in [-0.3, -0.25) is 4.79 Å². The minimum atomic E-state index is -0.205. The van der Waals surface area contributed by atoms with Crippen LogP contribution in [0.15, 0.2) is 24.3 Å². The second-order valence-corrected chi connectivity index (χ2v) is 8.11. The summed E-state index contributed by atoms with van der Waals surface area (Å²) in [4.78, 5) is 12.6. The maximum Gasteiger partial charge on any atom is 0.306 e. The smallest absolute Gasteiger partial charge is 0.306 e. The number of aryl methyl sites for hydroxylation is 2. The van der Waals surface area contributed by atoms with E-state index in [1.165, 1.54) is 22.3 Å². The summed E-state index contributed by atoms with van der Waals surface area (Å²) in [6.07, 6.45) is 2.31. The van der Waals surface area contributed by atoms with Crippen LogP contribution in [0.1, 0.15) is 59.5 Å². The lowest BCUT2D eigenvalue weighted by atomic mass is 9.83. The van der Waals surface area contributed by atoms with Crippen molar-refractivity contribution in [1.82, 2.24) is 20.3 Å². The van der Waals surface area contributed by atoms with Crippen molar-refractivity contribution in [3.63, 3.8) is 0 Å². The van der Waals surface area contributed by atoms with Gasteiger partial charge in [-0.05, 0) is 73.7 Å². The Labute approximate surface area is 182 Å². The van der Waals surface area contributed by atoms with Gasteiger partial charge >= 0.3 is 5.97 Å². The van der Waals surface area contributed by atoms with Crippen LogP contribution < -0.4 is 10.1 Å². The molecule has 0 radical (unpaired) electrons. The third-order valence-corrected chi connectivity index (χ3v) is 6.35. The molecule has 164 valence electrons. The normalized spacial score (nSPS) is 16.4. The van der Waals surface area contributed by atoms with E-state index in [2.05, 4.69) is 34.7 Å². The number of carbonyl (C=O) groups excluding carboxylic acids is 1. The van der Waals surface area contributed by atoms with Crippen molar-refractivity contribution in [3.05, 3.63) is 52.1 Å². The molecule has 0 spiro atoms. The Morgan fingerprint density at radius 3 is 2.87 bits per heavy atom. The number of nitrogens with zero attached hydrogens (tertiary/aromatic N) is 3. The van der Waals surface area contributed by atoms with E-state index in [1.807, 2.05) is 33.2 Å². The van der Waals surface area contributed by atoms with Crippen LogP contribution in [0.4, 0.5) is 0 Å². The molecule has 1 N–H and O–H groups in total. The second kappa shape index (κ2) is 8.67. The van der Waals surface area contributed by atoms with Gasteiger partial charge in [0.05, 0.1) is 20.1 Å². The van der Waals surface area contributed by atoms with Gasteiger partial charge in [-0.2, -0.15) is 0 Å². The SMILES string of the molecule is CCOC(=O)CC(c1cc(OC)c2c(c1)nnn2C)c1ccc(C)c2c1CCC2NC. The summed E-state index contributed by atoms with van der Waals surface area (Å²) in [5.74, 6) is 0.346. The van der Waals surface area contributed by atoms with E-state index in [0.717, 1.165) is 29.4 Å². The van der Waals surface area contributed by atoms with Crippen LogP contribution in [-0.2, 0) is 23.0 Å². The molecule has 1 aromatic heterocycles. The zero-order valence-corrected chi connectivity index (χ0v) is 18.9. The van der Waals surface area contributed by atoms with E-state index in [-0.39, 0.29) is 18.3 Å². The molecular formula is C24H30N4O3. The van der Waals surface area contributed by atoms with Crippen molar-refractivity contribution < 1.29 is 14.3 Å². The Morgan fingerprint density at radius 1 is 1.35 bits per heavy atom. The first kappa shape index (κ1) is 21.3.